The van der Waals surface area contributed by atoms with E-state index in [9.17, 15) is 14.4 Å². The molecule has 0 aliphatic carbocycles. The van der Waals surface area contributed by atoms with Gasteiger partial charge in [0, 0.05) is 0 Å². The first kappa shape index (κ1) is 17.4. The van der Waals surface area contributed by atoms with E-state index in [1.807, 2.05) is 6.92 Å². The van der Waals surface area contributed by atoms with Crippen molar-refractivity contribution < 1.29 is 29.0 Å². The lowest BCUT2D eigenvalue weighted by Crippen LogP contribution is -2.42. The number of hydrogen-bond acceptors (Lipinski definition) is 6. The van der Waals surface area contributed by atoms with Crippen molar-refractivity contribution in [1.29, 1.82) is 0 Å². The average Bonchev–Trinajstić information content (AvgIpc) is 2.36. The van der Waals surface area contributed by atoms with Crippen LogP contribution in [-0.2, 0) is 23.9 Å². The van der Waals surface area contributed by atoms with Gasteiger partial charge < -0.3 is 20.3 Å². The first-order chi connectivity index (χ1) is 8.83. The Balaban J connectivity index is 4.54. The number of hydrogen-bond donors (Lipinski definition) is 2. The van der Waals surface area contributed by atoms with Gasteiger partial charge in [0.1, 0.15) is 6.04 Å². The van der Waals surface area contributed by atoms with E-state index >= 15 is 0 Å². The van der Waals surface area contributed by atoms with Gasteiger partial charge >= 0.3 is 17.9 Å². The molecule has 0 bridgehead atoms. The van der Waals surface area contributed by atoms with Gasteiger partial charge in [0.15, 0.2) is 0 Å². The lowest BCUT2D eigenvalue weighted by atomic mass is 10.0. The highest BCUT2D eigenvalue weighted by Crippen LogP contribution is 2.10. The summed E-state index contributed by atoms with van der Waals surface area (Å²) in [6.45, 7) is 5.34. The van der Waals surface area contributed by atoms with Crippen molar-refractivity contribution in [2.45, 2.75) is 45.8 Å². The number of ether oxygens (including phenoxy) is 2. The highest BCUT2D eigenvalue weighted by atomic mass is 16.6. The van der Waals surface area contributed by atoms with Gasteiger partial charge in [0.2, 0.25) is 6.10 Å². The molecule has 110 valence electrons. The summed E-state index contributed by atoms with van der Waals surface area (Å²) < 4.78 is 9.36. The van der Waals surface area contributed by atoms with Crippen LogP contribution in [0.2, 0.25) is 0 Å². The number of nitrogens with two attached hydrogens (primary N) is 1. The van der Waals surface area contributed by atoms with Gasteiger partial charge in [-0.3, -0.25) is 9.59 Å². The van der Waals surface area contributed by atoms with E-state index in [4.69, 9.17) is 15.6 Å². The largest absolute Gasteiger partial charge is 0.478 e. The molecule has 7 heteroatoms. The third-order valence-corrected chi connectivity index (χ3v) is 2.72. The van der Waals surface area contributed by atoms with Gasteiger partial charge in [0.25, 0.3) is 0 Å². The molecule has 0 rings (SSSR count). The first-order valence-electron chi connectivity index (χ1n) is 6.17. The van der Waals surface area contributed by atoms with Crippen molar-refractivity contribution in [1.82, 2.24) is 0 Å². The average molecular weight is 275 g/mol. The Morgan fingerprint density at radius 1 is 1.26 bits per heavy atom. The molecule has 0 saturated carbocycles. The predicted molar refractivity (Wildman–Crippen MR) is 66.2 cm³/mol. The monoisotopic (exact) mass is 275 g/mol. The number of carboxylic acids is 1. The molecule has 3 atom stereocenters. The minimum absolute atomic E-state index is 0.130. The van der Waals surface area contributed by atoms with Crippen molar-refractivity contribution in [2.24, 2.45) is 11.7 Å². The Morgan fingerprint density at radius 3 is 2.26 bits per heavy atom. The van der Waals surface area contributed by atoms with Crippen LogP contribution in [0.3, 0.4) is 0 Å². The summed E-state index contributed by atoms with van der Waals surface area (Å²) >= 11 is 0. The second-order valence-electron chi connectivity index (χ2n) is 4.18. The Labute approximate surface area is 112 Å². The van der Waals surface area contributed by atoms with E-state index in [1.54, 1.807) is 13.8 Å². The topological polar surface area (TPSA) is 116 Å². The molecule has 0 fully saturated rings. The molecule has 3 unspecified atom stereocenters. The molecular formula is C12H21NO6. The molecule has 0 spiro atoms. The van der Waals surface area contributed by atoms with Gasteiger partial charge in [0.05, 0.1) is 13.0 Å². The maximum absolute atomic E-state index is 11.6. The number of rotatable bonds is 8. The van der Waals surface area contributed by atoms with Crippen molar-refractivity contribution in [2.75, 3.05) is 6.61 Å². The first-order valence-corrected chi connectivity index (χ1v) is 6.17. The second kappa shape index (κ2) is 8.47. The van der Waals surface area contributed by atoms with Crippen molar-refractivity contribution in [3.8, 4) is 0 Å². The van der Waals surface area contributed by atoms with Crippen LogP contribution < -0.4 is 5.73 Å². The zero-order valence-corrected chi connectivity index (χ0v) is 11.4. The van der Waals surface area contributed by atoms with Crippen LogP contribution in [0.4, 0.5) is 0 Å². The fraction of sp³-hybridized carbons (Fsp3) is 0.750. The molecule has 0 aromatic rings. The molecule has 0 aromatic heterocycles. The molecule has 0 amide bonds. The van der Waals surface area contributed by atoms with Gasteiger partial charge in [-0.1, -0.05) is 20.3 Å². The number of carbonyl (C=O) groups excluding carboxylic acids is 2. The smallest absolute Gasteiger partial charge is 0.345 e. The summed E-state index contributed by atoms with van der Waals surface area (Å²) in [6.07, 6.45) is -1.43. The summed E-state index contributed by atoms with van der Waals surface area (Å²) in [6, 6.07) is -0.908. The maximum atomic E-state index is 11.6. The highest BCUT2D eigenvalue weighted by Gasteiger charge is 2.30. The quantitative estimate of drug-likeness (QED) is 0.612. The Hall–Kier alpha value is -1.63. The van der Waals surface area contributed by atoms with E-state index < -0.39 is 36.5 Å². The van der Waals surface area contributed by atoms with Gasteiger partial charge in [-0.25, -0.2) is 4.79 Å². The lowest BCUT2D eigenvalue weighted by molar-refractivity contribution is -0.169. The predicted octanol–water partition coefficient (Wildman–Crippen LogP) is 0.309. The van der Waals surface area contributed by atoms with Crippen molar-refractivity contribution in [3.63, 3.8) is 0 Å². The third-order valence-electron chi connectivity index (χ3n) is 2.72. The van der Waals surface area contributed by atoms with E-state index in [1.165, 1.54) is 0 Å². The van der Waals surface area contributed by atoms with E-state index in [0.717, 1.165) is 0 Å². The van der Waals surface area contributed by atoms with Crippen LogP contribution in [0.25, 0.3) is 0 Å². The third kappa shape index (κ3) is 6.19. The normalized spacial score (nSPS) is 15.2. The van der Waals surface area contributed by atoms with Crippen LogP contribution in [0.15, 0.2) is 0 Å². The SMILES string of the molecule is CCOC(=O)CC(OC(=O)C(N)C(C)CC)C(=O)O. The summed E-state index contributed by atoms with van der Waals surface area (Å²) in [7, 11) is 0. The molecule has 7 nitrogen and oxygen atoms in total. The Morgan fingerprint density at radius 2 is 1.84 bits per heavy atom. The van der Waals surface area contributed by atoms with Crippen LogP contribution in [0, 0.1) is 5.92 Å². The van der Waals surface area contributed by atoms with Crippen LogP contribution in [0.1, 0.15) is 33.6 Å². The lowest BCUT2D eigenvalue weighted by Gasteiger charge is -2.19. The molecule has 0 saturated heterocycles. The molecule has 0 radical (unpaired) electrons. The van der Waals surface area contributed by atoms with Crippen LogP contribution in [-0.4, -0.2) is 41.8 Å². The van der Waals surface area contributed by atoms with Gasteiger partial charge in [-0.15, -0.1) is 0 Å². The zero-order chi connectivity index (χ0) is 15.0. The zero-order valence-electron chi connectivity index (χ0n) is 11.4. The molecule has 3 N–H and O–H groups in total. The maximum Gasteiger partial charge on any atom is 0.345 e. The molecule has 0 aromatic carbocycles. The van der Waals surface area contributed by atoms with Gasteiger partial charge in [-0.2, -0.15) is 0 Å². The summed E-state index contributed by atoms with van der Waals surface area (Å²) in [5.74, 6) is -3.10. The van der Waals surface area contributed by atoms with Crippen LogP contribution in [0.5, 0.6) is 0 Å². The van der Waals surface area contributed by atoms with Crippen LogP contribution >= 0.6 is 0 Å². The number of esters is 2. The molecule has 0 aliphatic rings. The van der Waals surface area contributed by atoms with Crippen molar-refractivity contribution in [3.05, 3.63) is 0 Å². The Kier molecular flexibility index (Phi) is 7.74. The fourth-order valence-corrected chi connectivity index (χ4v) is 1.26. The fourth-order valence-electron chi connectivity index (χ4n) is 1.26. The number of aliphatic carboxylic acids is 1. The van der Waals surface area contributed by atoms with E-state index in [2.05, 4.69) is 4.74 Å². The standard InChI is InChI=1S/C12H21NO6/c1-4-7(3)10(13)12(17)19-8(11(15)16)6-9(14)18-5-2/h7-8,10H,4-6,13H2,1-3H3,(H,15,16). The highest BCUT2D eigenvalue weighted by molar-refractivity contribution is 5.84. The summed E-state index contributed by atoms with van der Waals surface area (Å²) in [5, 5.41) is 8.89. The van der Waals surface area contributed by atoms with Gasteiger partial charge in [-0.05, 0) is 12.8 Å². The van der Waals surface area contributed by atoms with Crippen molar-refractivity contribution >= 4 is 17.9 Å². The number of carbonyl (C=O) groups is 3. The molecular weight excluding hydrogens is 254 g/mol. The Bertz CT molecular complexity index is 330. The van der Waals surface area contributed by atoms with E-state index in [-0.39, 0.29) is 12.5 Å². The molecule has 0 heterocycles. The minimum Gasteiger partial charge on any atom is -0.478 e. The molecule has 0 aliphatic heterocycles. The summed E-state index contributed by atoms with van der Waals surface area (Å²) in [5.41, 5.74) is 5.63. The number of carboxylic acid groups (broad SMARTS) is 1. The summed E-state index contributed by atoms with van der Waals surface area (Å²) in [4.78, 5) is 33.7. The second-order valence-corrected chi connectivity index (χ2v) is 4.18. The minimum atomic E-state index is -1.57. The van der Waals surface area contributed by atoms with E-state index in [0.29, 0.717) is 6.42 Å². The molecule has 19 heavy (non-hydrogen) atoms.